The molecule has 1 aromatic rings. The highest BCUT2D eigenvalue weighted by atomic mass is 16.5. The second-order valence-electron chi connectivity index (χ2n) is 4.38. The number of ether oxygens (including phenoxy) is 1. The van der Waals surface area contributed by atoms with Crippen LogP contribution in [0.3, 0.4) is 0 Å². The molecule has 5 heteroatoms. The van der Waals surface area contributed by atoms with Crippen molar-refractivity contribution in [2.45, 2.75) is 19.4 Å². The van der Waals surface area contributed by atoms with Gasteiger partial charge in [-0.1, -0.05) is 0 Å². The van der Waals surface area contributed by atoms with Crippen LogP contribution in [0.25, 0.3) is 0 Å². The van der Waals surface area contributed by atoms with Gasteiger partial charge in [0.05, 0.1) is 5.60 Å². The maximum atomic E-state index is 11.7. The summed E-state index contributed by atoms with van der Waals surface area (Å²) in [5.74, 6) is -0.677. The minimum absolute atomic E-state index is 0.152. The van der Waals surface area contributed by atoms with E-state index >= 15 is 0 Å². The van der Waals surface area contributed by atoms with Crippen molar-refractivity contribution in [3.05, 3.63) is 23.8 Å². The Kier molecular flexibility index (Phi) is 3.96. The first kappa shape index (κ1) is 13.3. The highest BCUT2D eigenvalue weighted by molar-refractivity contribution is 5.95. The molecule has 0 aliphatic rings. The van der Waals surface area contributed by atoms with Crippen LogP contribution in [-0.4, -0.2) is 35.4 Å². The normalized spacial score (nSPS) is 11.2. The lowest BCUT2D eigenvalue weighted by Crippen LogP contribution is -2.39. The van der Waals surface area contributed by atoms with Crippen molar-refractivity contribution in [3.63, 3.8) is 0 Å². The molecule has 17 heavy (non-hydrogen) atoms. The first-order valence-corrected chi connectivity index (χ1v) is 5.20. The number of hydrogen-bond acceptors (Lipinski definition) is 4. The van der Waals surface area contributed by atoms with E-state index in [9.17, 15) is 15.0 Å². The first-order valence-electron chi connectivity index (χ1n) is 5.20. The van der Waals surface area contributed by atoms with Crippen molar-refractivity contribution in [2.75, 3.05) is 13.7 Å². The summed E-state index contributed by atoms with van der Waals surface area (Å²) in [7, 11) is 1.56. The zero-order valence-corrected chi connectivity index (χ0v) is 10.2. The smallest absolute Gasteiger partial charge is 0.251 e. The van der Waals surface area contributed by atoms with Crippen molar-refractivity contribution in [3.8, 4) is 11.5 Å². The summed E-state index contributed by atoms with van der Waals surface area (Å²) >= 11 is 0. The molecule has 94 valence electrons. The Morgan fingerprint density at radius 2 is 1.82 bits per heavy atom. The molecule has 0 radical (unpaired) electrons. The number of phenols is 2. The molecule has 0 saturated heterocycles. The molecule has 0 aliphatic carbocycles. The fourth-order valence-corrected chi connectivity index (χ4v) is 1.19. The Morgan fingerprint density at radius 1 is 1.29 bits per heavy atom. The van der Waals surface area contributed by atoms with Crippen LogP contribution in [0.5, 0.6) is 11.5 Å². The van der Waals surface area contributed by atoms with Crippen LogP contribution in [0.4, 0.5) is 0 Å². The topological polar surface area (TPSA) is 78.8 Å². The fourth-order valence-electron chi connectivity index (χ4n) is 1.19. The second-order valence-corrected chi connectivity index (χ2v) is 4.38. The standard InChI is InChI=1S/C12H17NO4/c1-12(2,17-3)7-13-11(16)8-4-9(14)6-10(15)5-8/h4-6,14-15H,7H2,1-3H3,(H,13,16). The number of nitrogens with one attached hydrogen (secondary N) is 1. The predicted octanol–water partition coefficient (Wildman–Crippen LogP) is 1.25. The van der Waals surface area contributed by atoms with Crippen LogP contribution in [0, 0.1) is 0 Å². The highest BCUT2D eigenvalue weighted by Crippen LogP contribution is 2.20. The van der Waals surface area contributed by atoms with Gasteiger partial charge in [0, 0.05) is 25.3 Å². The summed E-state index contributed by atoms with van der Waals surface area (Å²) in [6, 6.07) is 3.74. The highest BCUT2D eigenvalue weighted by Gasteiger charge is 2.18. The molecule has 0 aliphatic heterocycles. The quantitative estimate of drug-likeness (QED) is 0.739. The van der Waals surface area contributed by atoms with Gasteiger partial charge in [-0.25, -0.2) is 0 Å². The number of carbonyl (C=O) groups is 1. The van der Waals surface area contributed by atoms with Gasteiger partial charge in [-0.3, -0.25) is 4.79 Å². The number of amides is 1. The van der Waals surface area contributed by atoms with Crippen molar-refractivity contribution >= 4 is 5.91 Å². The van der Waals surface area contributed by atoms with Crippen molar-refractivity contribution in [1.82, 2.24) is 5.32 Å². The van der Waals surface area contributed by atoms with E-state index in [1.165, 1.54) is 12.1 Å². The summed E-state index contributed by atoms with van der Waals surface area (Å²) in [6.07, 6.45) is 0. The van der Waals surface area contributed by atoms with Gasteiger partial charge in [-0.2, -0.15) is 0 Å². The van der Waals surface area contributed by atoms with E-state index in [1.54, 1.807) is 7.11 Å². The van der Waals surface area contributed by atoms with Gasteiger partial charge >= 0.3 is 0 Å². The minimum atomic E-state index is -0.464. The molecule has 0 spiro atoms. The summed E-state index contributed by atoms with van der Waals surface area (Å²) in [5.41, 5.74) is -0.261. The van der Waals surface area contributed by atoms with Gasteiger partial charge in [-0.15, -0.1) is 0 Å². The first-order chi connectivity index (χ1) is 7.84. The molecule has 0 bridgehead atoms. The van der Waals surface area contributed by atoms with Gasteiger partial charge in [0.1, 0.15) is 11.5 Å². The lowest BCUT2D eigenvalue weighted by molar-refractivity contribution is 0.0229. The van der Waals surface area contributed by atoms with E-state index in [0.717, 1.165) is 6.07 Å². The molecule has 0 saturated carbocycles. The van der Waals surface area contributed by atoms with Gasteiger partial charge in [0.25, 0.3) is 5.91 Å². The van der Waals surface area contributed by atoms with Crippen LogP contribution >= 0.6 is 0 Å². The SMILES string of the molecule is COC(C)(C)CNC(=O)c1cc(O)cc(O)c1. The van der Waals surface area contributed by atoms with Crippen molar-refractivity contribution in [1.29, 1.82) is 0 Å². The Bertz CT molecular complexity index is 395. The number of hydrogen-bond donors (Lipinski definition) is 3. The van der Waals surface area contributed by atoms with Crippen LogP contribution < -0.4 is 5.32 Å². The van der Waals surface area contributed by atoms with Gasteiger partial charge in [-0.05, 0) is 26.0 Å². The maximum absolute atomic E-state index is 11.7. The van der Waals surface area contributed by atoms with Crippen LogP contribution in [0.2, 0.25) is 0 Å². The molecule has 0 heterocycles. The summed E-state index contributed by atoms with van der Waals surface area (Å²) < 4.78 is 5.16. The Morgan fingerprint density at radius 3 is 2.29 bits per heavy atom. The van der Waals surface area contributed by atoms with Crippen LogP contribution in [-0.2, 0) is 4.74 Å². The Hall–Kier alpha value is -1.75. The summed E-state index contributed by atoms with van der Waals surface area (Å²) in [5, 5.41) is 21.2. The average Bonchev–Trinajstić information content (AvgIpc) is 2.24. The number of rotatable bonds is 4. The average molecular weight is 239 g/mol. The Balaban J connectivity index is 2.70. The molecule has 0 aromatic heterocycles. The number of benzene rings is 1. The monoisotopic (exact) mass is 239 g/mol. The maximum Gasteiger partial charge on any atom is 0.251 e. The molecule has 0 unspecified atom stereocenters. The van der Waals surface area contributed by atoms with E-state index in [-0.39, 0.29) is 23.0 Å². The second kappa shape index (κ2) is 5.05. The molecule has 1 rings (SSSR count). The van der Waals surface area contributed by atoms with Crippen LogP contribution in [0.15, 0.2) is 18.2 Å². The molecular formula is C12H17NO4. The Labute approximate surface area is 100 Å². The molecule has 3 N–H and O–H groups in total. The zero-order valence-electron chi connectivity index (χ0n) is 10.2. The molecule has 0 fully saturated rings. The number of carbonyl (C=O) groups excluding carboxylic acids is 1. The van der Waals surface area contributed by atoms with E-state index in [2.05, 4.69) is 5.32 Å². The number of aromatic hydroxyl groups is 2. The van der Waals surface area contributed by atoms with Gasteiger partial charge in [0.15, 0.2) is 0 Å². The third-order valence-corrected chi connectivity index (χ3v) is 2.39. The van der Waals surface area contributed by atoms with Crippen molar-refractivity contribution < 1.29 is 19.7 Å². The third kappa shape index (κ3) is 3.96. The third-order valence-electron chi connectivity index (χ3n) is 2.39. The molecular weight excluding hydrogens is 222 g/mol. The molecule has 0 atom stereocenters. The largest absolute Gasteiger partial charge is 0.508 e. The van der Waals surface area contributed by atoms with E-state index < -0.39 is 5.60 Å². The van der Waals surface area contributed by atoms with Crippen LogP contribution in [0.1, 0.15) is 24.2 Å². The fraction of sp³-hybridized carbons (Fsp3) is 0.417. The molecule has 1 aromatic carbocycles. The minimum Gasteiger partial charge on any atom is -0.508 e. The van der Waals surface area contributed by atoms with E-state index in [4.69, 9.17) is 4.74 Å². The molecule has 5 nitrogen and oxygen atoms in total. The number of phenolic OH excluding ortho intramolecular Hbond substituents is 2. The zero-order chi connectivity index (χ0) is 13.1. The number of methoxy groups -OCH3 is 1. The summed E-state index contributed by atoms with van der Waals surface area (Å²) in [4.78, 5) is 11.7. The van der Waals surface area contributed by atoms with E-state index in [1.807, 2.05) is 13.8 Å². The molecule has 1 amide bonds. The lowest BCUT2D eigenvalue weighted by Gasteiger charge is -2.23. The van der Waals surface area contributed by atoms with Gasteiger partial charge < -0.3 is 20.3 Å². The summed E-state index contributed by atoms with van der Waals surface area (Å²) in [6.45, 7) is 4.01. The van der Waals surface area contributed by atoms with Gasteiger partial charge in [0.2, 0.25) is 0 Å². The van der Waals surface area contributed by atoms with E-state index in [0.29, 0.717) is 6.54 Å². The predicted molar refractivity (Wildman–Crippen MR) is 63.2 cm³/mol. The van der Waals surface area contributed by atoms with Crippen molar-refractivity contribution in [2.24, 2.45) is 0 Å². The lowest BCUT2D eigenvalue weighted by atomic mass is 10.1.